The van der Waals surface area contributed by atoms with E-state index >= 15 is 0 Å². The Bertz CT molecular complexity index is 607. The van der Waals surface area contributed by atoms with Crippen LogP contribution < -0.4 is 0 Å². The van der Waals surface area contributed by atoms with E-state index in [4.69, 9.17) is 11.6 Å². The molecule has 0 bridgehead atoms. The van der Waals surface area contributed by atoms with Crippen LogP contribution >= 0.6 is 27.5 Å². The number of rotatable bonds is 2. The lowest BCUT2D eigenvalue weighted by atomic mass is 9.94. The van der Waals surface area contributed by atoms with Crippen LogP contribution in [-0.4, -0.2) is 34.5 Å². The molecule has 0 radical (unpaired) electrons. The molecule has 1 heterocycles. The van der Waals surface area contributed by atoms with Gasteiger partial charge in [-0.15, -0.1) is 0 Å². The number of benzene rings is 1. The van der Waals surface area contributed by atoms with E-state index in [1.165, 1.54) is 4.90 Å². The molecule has 1 amide bonds. The molecule has 1 aromatic carbocycles. The van der Waals surface area contributed by atoms with Gasteiger partial charge in [-0.05, 0) is 58.8 Å². The van der Waals surface area contributed by atoms with Crippen LogP contribution in [0.1, 0.15) is 29.6 Å². The monoisotopic (exact) mass is 371 g/mol. The molecule has 2 aliphatic rings. The van der Waals surface area contributed by atoms with Crippen LogP contribution in [0.4, 0.5) is 0 Å². The number of hydrogen-bond acceptors (Lipinski definition) is 2. The summed E-state index contributed by atoms with van der Waals surface area (Å²) in [7, 11) is 0. The van der Waals surface area contributed by atoms with Crippen molar-refractivity contribution in [2.75, 3.05) is 6.54 Å². The van der Waals surface area contributed by atoms with Crippen LogP contribution in [0.15, 0.2) is 22.7 Å². The zero-order valence-electron chi connectivity index (χ0n) is 11.3. The van der Waals surface area contributed by atoms with Crippen molar-refractivity contribution in [2.45, 2.75) is 25.3 Å². The first kappa shape index (κ1) is 14.9. The largest absolute Gasteiger partial charge is 0.480 e. The standard InChI is InChI=1S/C15H15BrClNO3/c16-11-6-8(4-5-12(11)17)14(19)18-7-9-2-1-3-10(9)13(18)15(20)21/h4-6,9-10,13H,1-3,7H2,(H,20,21). The molecule has 6 heteroatoms. The van der Waals surface area contributed by atoms with Crippen molar-refractivity contribution in [3.63, 3.8) is 0 Å². The van der Waals surface area contributed by atoms with Gasteiger partial charge in [0.05, 0.1) is 5.02 Å². The predicted octanol–water partition coefficient (Wildman–Crippen LogP) is 3.43. The minimum atomic E-state index is -0.897. The van der Waals surface area contributed by atoms with Crippen molar-refractivity contribution in [2.24, 2.45) is 11.8 Å². The van der Waals surface area contributed by atoms with Gasteiger partial charge in [-0.1, -0.05) is 18.0 Å². The minimum Gasteiger partial charge on any atom is -0.480 e. The first-order chi connectivity index (χ1) is 9.99. The lowest BCUT2D eigenvalue weighted by molar-refractivity contribution is -0.142. The smallest absolute Gasteiger partial charge is 0.326 e. The summed E-state index contributed by atoms with van der Waals surface area (Å²) in [6, 6.07) is 4.24. The Balaban J connectivity index is 1.89. The van der Waals surface area contributed by atoms with Crippen molar-refractivity contribution in [1.29, 1.82) is 0 Å². The molecule has 3 atom stereocenters. The molecule has 2 fully saturated rings. The number of amides is 1. The van der Waals surface area contributed by atoms with Gasteiger partial charge in [-0.3, -0.25) is 4.79 Å². The molecule has 1 saturated heterocycles. The zero-order valence-corrected chi connectivity index (χ0v) is 13.6. The van der Waals surface area contributed by atoms with Gasteiger partial charge in [0.25, 0.3) is 5.91 Å². The highest BCUT2D eigenvalue weighted by atomic mass is 79.9. The third-order valence-electron chi connectivity index (χ3n) is 4.57. The SMILES string of the molecule is O=C(O)C1C2CCCC2CN1C(=O)c1ccc(Cl)c(Br)c1. The van der Waals surface area contributed by atoms with E-state index in [1.54, 1.807) is 18.2 Å². The summed E-state index contributed by atoms with van der Waals surface area (Å²) < 4.78 is 0.640. The molecule has 0 spiro atoms. The number of carbonyl (C=O) groups is 2. The average Bonchev–Trinajstić information content (AvgIpc) is 3.00. The molecule has 4 nitrogen and oxygen atoms in total. The second kappa shape index (κ2) is 5.61. The van der Waals surface area contributed by atoms with E-state index in [1.807, 2.05) is 0 Å². The van der Waals surface area contributed by atoms with Crippen LogP contribution in [0.25, 0.3) is 0 Å². The number of carboxylic acid groups (broad SMARTS) is 1. The van der Waals surface area contributed by atoms with Gasteiger partial charge in [0, 0.05) is 16.6 Å². The number of carboxylic acids is 1. The van der Waals surface area contributed by atoms with Crippen LogP contribution in [0.2, 0.25) is 5.02 Å². The lowest BCUT2D eigenvalue weighted by Gasteiger charge is -2.24. The summed E-state index contributed by atoms with van der Waals surface area (Å²) in [5, 5.41) is 10.0. The van der Waals surface area contributed by atoms with Crippen molar-refractivity contribution in [1.82, 2.24) is 4.90 Å². The Labute approximate surface area is 136 Å². The van der Waals surface area contributed by atoms with E-state index in [0.29, 0.717) is 27.5 Å². The summed E-state index contributed by atoms with van der Waals surface area (Å²) in [6.45, 7) is 0.542. The van der Waals surface area contributed by atoms with Gasteiger partial charge in [0.2, 0.25) is 0 Å². The first-order valence-corrected chi connectivity index (χ1v) is 8.15. The molecule has 1 aliphatic carbocycles. The third-order valence-corrected chi connectivity index (χ3v) is 5.78. The summed E-state index contributed by atoms with van der Waals surface area (Å²) in [6.07, 6.45) is 2.98. The third kappa shape index (κ3) is 2.57. The van der Waals surface area contributed by atoms with Gasteiger partial charge in [0.1, 0.15) is 6.04 Å². The fraction of sp³-hybridized carbons (Fsp3) is 0.467. The topological polar surface area (TPSA) is 57.6 Å². The fourth-order valence-electron chi connectivity index (χ4n) is 3.63. The molecule has 1 saturated carbocycles. The summed E-state index contributed by atoms with van der Waals surface area (Å²) in [5.41, 5.74) is 0.470. The maximum atomic E-state index is 12.7. The van der Waals surface area contributed by atoms with Crippen LogP contribution in [0.5, 0.6) is 0 Å². The zero-order chi connectivity index (χ0) is 15.1. The van der Waals surface area contributed by atoms with E-state index < -0.39 is 12.0 Å². The molecule has 3 unspecified atom stereocenters. The molecule has 1 N–H and O–H groups in total. The Kier molecular flexibility index (Phi) is 3.97. The van der Waals surface area contributed by atoms with E-state index in [9.17, 15) is 14.7 Å². The summed E-state index contributed by atoms with van der Waals surface area (Å²) in [5.74, 6) is -0.701. The average molecular weight is 373 g/mol. The van der Waals surface area contributed by atoms with Gasteiger partial charge in [-0.25, -0.2) is 4.79 Å². The first-order valence-electron chi connectivity index (χ1n) is 6.98. The van der Waals surface area contributed by atoms with E-state index in [-0.39, 0.29) is 11.8 Å². The normalized spacial score (nSPS) is 27.7. The van der Waals surface area contributed by atoms with E-state index in [2.05, 4.69) is 15.9 Å². The highest BCUT2D eigenvalue weighted by Gasteiger charge is 2.49. The second-order valence-corrected chi connectivity index (χ2v) is 6.99. The Morgan fingerprint density at radius 3 is 2.76 bits per heavy atom. The number of likely N-dealkylation sites (tertiary alicyclic amines) is 1. The van der Waals surface area contributed by atoms with Gasteiger partial charge >= 0.3 is 5.97 Å². The van der Waals surface area contributed by atoms with Crippen LogP contribution in [0.3, 0.4) is 0 Å². The quantitative estimate of drug-likeness (QED) is 0.865. The molecule has 112 valence electrons. The Morgan fingerprint density at radius 2 is 2.10 bits per heavy atom. The Hall–Kier alpha value is -1.07. The number of fused-ring (bicyclic) bond motifs is 1. The van der Waals surface area contributed by atoms with Gasteiger partial charge in [0.15, 0.2) is 0 Å². The molecular weight excluding hydrogens is 358 g/mol. The van der Waals surface area contributed by atoms with Crippen molar-refractivity contribution < 1.29 is 14.7 Å². The minimum absolute atomic E-state index is 0.0993. The second-order valence-electron chi connectivity index (χ2n) is 5.72. The Morgan fingerprint density at radius 1 is 1.33 bits per heavy atom. The predicted molar refractivity (Wildman–Crippen MR) is 82.4 cm³/mol. The molecule has 1 aliphatic heterocycles. The van der Waals surface area contributed by atoms with Crippen molar-refractivity contribution >= 4 is 39.4 Å². The van der Waals surface area contributed by atoms with Gasteiger partial charge in [-0.2, -0.15) is 0 Å². The molecule has 3 rings (SSSR count). The number of aliphatic carboxylic acids is 1. The molecular formula is C15H15BrClNO3. The van der Waals surface area contributed by atoms with Gasteiger partial charge < -0.3 is 10.0 Å². The highest BCUT2D eigenvalue weighted by molar-refractivity contribution is 9.10. The number of hydrogen-bond donors (Lipinski definition) is 1. The lowest BCUT2D eigenvalue weighted by Crippen LogP contribution is -2.43. The molecule has 0 aromatic heterocycles. The maximum absolute atomic E-state index is 12.7. The fourth-order valence-corrected chi connectivity index (χ4v) is 4.12. The number of carbonyl (C=O) groups excluding carboxylic acids is 1. The highest BCUT2D eigenvalue weighted by Crippen LogP contribution is 2.42. The van der Waals surface area contributed by atoms with Crippen molar-refractivity contribution in [3.05, 3.63) is 33.3 Å². The van der Waals surface area contributed by atoms with Crippen LogP contribution in [-0.2, 0) is 4.79 Å². The maximum Gasteiger partial charge on any atom is 0.326 e. The summed E-state index contributed by atoms with van der Waals surface area (Å²) >= 11 is 9.23. The number of nitrogens with zero attached hydrogens (tertiary/aromatic N) is 1. The molecule has 1 aromatic rings. The van der Waals surface area contributed by atoms with Crippen LogP contribution in [0, 0.1) is 11.8 Å². The summed E-state index contributed by atoms with van der Waals surface area (Å²) in [4.78, 5) is 25.8. The molecule has 21 heavy (non-hydrogen) atoms. The number of halogens is 2. The van der Waals surface area contributed by atoms with Crippen molar-refractivity contribution in [3.8, 4) is 0 Å². The van der Waals surface area contributed by atoms with E-state index in [0.717, 1.165) is 19.3 Å².